The summed E-state index contributed by atoms with van der Waals surface area (Å²) in [7, 11) is 0. The van der Waals surface area contributed by atoms with Crippen LogP contribution in [0.3, 0.4) is 0 Å². The Morgan fingerprint density at radius 1 is 0.725 bits per heavy atom. The number of nitrogens with one attached hydrogen (secondary N) is 5. The number of carbonyl (C=O) groups excluding carboxylic acids is 4. The number of carbonyl (C=O) groups is 5. The number of carboxylic acid groups (broad SMARTS) is 1. The number of hydrogen-bond acceptors (Lipinski definition) is 14. The summed E-state index contributed by atoms with van der Waals surface area (Å²) in [6, 6.07) is -2.74. The van der Waals surface area contributed by atoms with Crippen molar-refractivity contribution in [3.8, 4) is 0 Å². The number of nitrogens with zero attached hydrogens (tertiary/aromatic N) is 1. The molecule has 0 aromatic rings. The Balaban J connectivity index is 2.00. The molecule has 294 valence electrons. The summed E-state index contributed by atoms with van der Waals surface area (Å²) >= 11 is 0. The Morgan fingerprint density at radius 2 is 1.16 bits per heavy atom. The minimum Gasteiger partial charge on any atom is -0.480 e. The number of unbranched alkanes of at least 4 members (excludes halogenated alkanes) is 1. The molecule has 0 radical (unpaired) electrons. The molecule has 19 heteroatoms. The second-order valence-corrected chi connectivity index (χ2v) is 13.3. The zero-order chi connectivity index (χ0) is 38.2. The van der Waals surface area contributed by atoms with Crippen LogP contribution in [0.2, 0.25) is 0 Å². The number of guanidine groups is 1. The third-order valence-electron chi connectivity index (χ3n) is 8.35. The third kappa shape index (κ3) is 22.7. The lowest BCUT2D eigenvalue weighted by molar-refractivity contribution is -0.140. The molecule has 7 unspecified atom stereocenters. The van der Waals surface area contributed by atoms with Crippen molar-refractivity contribution >= 4 is 35.6 Å². The molecule has 7 atom stereocenters. The second-order valence-electron chi connectivity index (χ2n) is 13.3. The fourth-order valence-electron chi connectivity index (χ4n) is 5.50. The van der Waals surface area contributed by atoms with Crippen molar-refractivity contribution in [1.29, 1.82) is 0 Å². The fourth-order valence-corrected chi connectivity index (χ4v) is 5.50. The van der Waals surface area contributed by atoms with Crippen molar-refractivity contribution in [2.75, 3.05) is 32.9 Å². The summed E-state index contributed by atoms with van der Waals surface area (Å²) in [5.41, 5.74) is 34.8. The van der Waals surface area contributed by atoms with E-state index >= 15 is 0 Å². The maximum atomic E-state index is 12.2. The molecule has 0 saturated heterocycles. The van der Waals surface area contributed by atoms with E-state index in [9.17, 15) is 29.1 Å². The minimum atomic E-state index is -1.07. The van der Waals surface area contributed by atoms with Crippen LogP contribution in [-0.4, -0.2) is 116 Å². The molecule has 1 heterocycles. The number of amides is 4. The minimum absolute atomic E-state index is 0.0809. The molecular formula is C32H64N12O7. The van der Waals surface area contributed by atoms with Crippen molar-refractivity contribution < 1.29 is 33.8 Å². The molecule has 4 amide bonds. The predicted molar refractivity (Wildman–Crippen MR) is 194 cm³/mol. The Kier molecular flexibility index (Phi) is 23.3. The molecule has 51 heavy (non-hydrogen) atoms. The standard InChI is InChI=1S/C32H64N12O7/c1-20(29-30(31(49)50)44-32(38)43-29)51-19-39-11-4-8-23(35)17-28(48)42-14-6-10-24(36)18-26(46)40-12-3-2-7-22(34)16-27(47)41-13-5-9-21(33)15-25(37)45/h20-24,29-30,39H,2-19,33-36H2,1H3,(H2,37,45)(H,40,46)(H,41,47)(H,42,48)(H,49,50)(H3,38,43,44). The zero-order valence-electron chi connectivity index (χ0n) is 30.1. The maximum Gasteiger partial charge on any atom is 0.330 e. The molecule has 0 spiro atoms. The van der Waals surface area contributed by atoms with Gasteiger partial charge < -0.3 is 65.5 Å². The van der Waals surface area contributed by atoms with Gasteiger partial charge in [-0.25, -0.2) is 9.79 Å². The van der Waals surface area contributed by atoms with Gasteiger partial charge in [-0.3, -0.25) is 24.5 Å². The lowest BCUT2D eigenvalue weighted by Crippen LogP contribution is -2.49. The number of aliphatic imine (C=N–C) groups is 1. The lowest BCUT2D eigenvalue weighted by atomic mass is 10.1. The first-order valence-corrected chi connectivity index (χ1v) is 17.9. The molecule has 0 bridgehead atoms. The summed E-state index contributed by atoms with van der Waals surface area (Å²) in [6.07, 6.45) is 6.25. The monoisotopic (exact) mass is 729 g/mol. The number of ether oxygens (including phenoxy) is 1. The van der Waals surface area contributed by atoms with Gasteiger partial charge in [0.2, 0.25) is 23.6 Å². The van der Waals surface area contributed by atoms with Crippen LogP contribution >= 0.6 is 0 Å². The summed E-state index contributed by atoms with van der Waals surface area (Å²) in [5.74, 6) is -1.84. The second kappa shape index (κ2) is 26.2. The molecule has 19 nitrogen and oxygen atoms in total. The van der Waals surface area contributed by atoms with Crippen molar-refractivity contribution in [2.45, 2.75) is 133 Å². The van der Waals surface area contributed by atoms with Crippen molar-refractivity contribution in [3.63, 3.8) is 0 Å². The van der Waals surface area contributed by atoms with Crippen LogP contribution in [-0.2, 0) is 28.7 Å². The number of rotatable bonds is 30. The van der Waals surface area contributed by atoms with Crippen LogP contribution < -0.4 is 61.0 Å². The van der Waals surface area contributed by atoms with Gasteiger partial charge in [-0.2, -0.15) is 0 Å². The zero-order valence-corrected chi connectivity index (χ0v) is 30.1. The van der Waals surface area contributed by atoms with E-state index in [-0.39, 0.29) is 80.3 Å². The highest BCUT2D eigenvalue weighted by atomic mass is 16.5. The molecule has 0 fully saturated rings. The molecule has 1 rings (SSSR count). The number of hydrogen-bond donors (Lipinski definition) is 12. The first-order valence-electron chi connectivity index (χ1n) is 17.9. The van der Waals surface area contributed by atoms with E-state index < -0.39 is 30.1 Å². The smallest absolute Gasteiger partial charge is 0.330 e. The highest BCUT2D eigenvalue weighted by molar-refractivity contribution is 5.87. The van der Waals surface area contributed by atoms with Gasteiger partial charge in [0.1, 0.15) is 0 Å². The van der Waals surface area contributed by atoms with Gasteiger partial charge in [0, 0.05) is 69.5 Å². The van der Waals surface area contributed by atoms with Crippen LogP contribution in [0.1, 0.15) is 90.4 Å². The normalized spacial score (nSPS) is 18.4. The average Bonchev–Trinajstić information content (AvgIpc) is 3.44. The number of aliphatic carboxylic acids is 1. The predicted octanol–water partition coefficient (Wildman–Crippen LogP) is -3.11. The fraction of sp³-hybridized carbons (Fsp3) is 0.812. The van der Waals surface area contributed by atoms with Gasteiger partial charge in [0.05, 0.1) is 18.9 Å². The van der Waals surface area contributed by atoms with Gasteiger partial charge >= 0.3 is 5.97 Å². The van der Waals surface area contributed by atoms with E-state index in [0.29, 0.717) is 64.7 Å². The topological polar surface area (TPSA) is 343 Å². The Hall–Kier alpha value is -3.62. The summed E-state index contributed by atoms with van der Waals surface area (Å²) in [5, 5.41) is 23.7. The van der Waals surface area contributed by atoms with Crippen LogP contribution in [0.4, 0.5) is 0 Å². The van der Waals surface area contributed by atoms with Crippen molar-refractivity contribution in [1.82, 2.24) is 26.6 Å². The maximum absolute atomic E-state index is 12.2. The number of carboxylic acids is 1. The van der Waals surface area contributed by atoms with Gasteiger partial charge in [-0.15, -0.1) is 0 Å². The summed E-state index contributed by atoms with van der Waals surface area (Å²) in [4.78, 5) is 62.5. The van der Waals surface area contributed by atoms with E-state index in [0.717, 1.165) is 19.3 Å². The highest BCUT2D eigenvalue weighted by Crippen LogP contribution is 2.13. The Labute approximate surface area is 300 Å². The highest BCUT2D eigenvalue weighted by Gasteiger charge is 2.37. The quantitative estimate of drug-likeness (QED) is 0.0257. The van der Waals surface area contributed by atoms with Gasteiger partial charge in [-0.1, -0.05) is 6.42 Å². The van der Waals surface area contributed by atoms with E-state index in [4.69, 9.17) is 39.1 Å². The number of primary amides is 1. The Morgan fingerprint density at radius 3 is 1.63 bits per heavy atom. The van der Waals surface area contributed by atoms with Gasteiger partial charge in [0.15, 0.2) is 12.0 Å². The molecule has 18 N–H and O–H groups in total. The first-order chi connectivity index (χ1) is 24.2. The molecular weight excluding hydrogens is 664 g/mol. The molecule has 1 aliphatic heterocycles. The van der Waals surface area contributed by atoms with Crippen LogP contribution in [0.15, 0.2) is 4.99 Å². The van der Waals surface area contributed by atoms with Gasteiger partial charge in [0.25, 0.3) is 0 Å². The molecule has 1 aliphatic rings. The van der Waals surface area contributed by atoms with E-state index in [1.54, 1.807) is 6.92 Å². The SMILES string of the molecule is CC(OCNCCCC(N)CC(=O)NCCCC(N)CC(=O)NCCCCC(N)CC(=O)NCCCC(N)CC(N)=O)C1NC(N)=NC1C(=O)O. The van der Waals surface area contributed by atoms with E-state index in [2.05, 4.69) is 31.6 Å². The largest absolute Gasteiger partial charge is 0.480 e. The molecule has 0 aromatic heterocycles. The lowest BCUT2D eigenvalue weighted by Gasteiger charge is -2.23. The van der Waals surface area contributed by atoms with Gasteiger partial charge in [-0.05, 0) is 64.8 Å². The Bertz CT molecular complexity index is 1100. The average molecular weight is 729 g/mol. The summed E-state index contributed by atoms with van der Waals surface area (Å²) < 4.78 is 5.67. The van der Waals surface area contributed by atoms with E-state index in [1.807, 2.05) is 0 Å². The summed E-state index contributed by atoms with van der Waals surface area (Å²) in [6.45, 7) is 3.97. The van der Waals surface area contributed by atoms with Crippen LogP contribution in [0.5, 0.6) is 0 Å². The molecule has 0 aliphatic carbocycles. The first kappa shape index (κ1) is 45.4. The van der Waals surface area contributed by atoms with Crippen molar-refractivity contribution in [2.24, 2.45) is 39.4 Å². The van der Waals surface area contributed by atoms with Crippen molar-refractivity contribution in [3.05, 3.63) is 0 Å². The van der Waals surface area contributed by atoms with Crippen LogP contribution in [0, 0.1) is 0 Å². The number of nitrogens with two attached hydrogens (primary N) is 6. The third-order valence-corrected chi connectivity index (χ3v) is 8.35. The molecule has 0 aromatic carbocycles. The molecule has 0 saturated carbocycles. The van der Waals surface area contributed by atoms with E-state index in [1.165, 1.54) is 0 Å². The van der Waals surface area contributed by atoms with Crippen LogP contribution in [0.25, 0.3) is 0 Å².